The first-order chi connectivity index (χ1) is 7.58. The summed E-state index contributed by atoms with van der Waals surface area (Å²) in [5, 5.41) is 0. The number of halogens is 1. The average molecular weight is 283 g/mol. The predicted molar refractivity (Wildman–Crippen MR) is 71.7 cm³/mol. The lowest BCUT2D eigenvalue weighted by Crippen LogP contribution is -2.46. The summed E-state index contributed by atoms with van der Waals surface area (Å²) in [6.45, 7) is 8.10. The van der Waals surface area contributed by atoms with Crippen LogP contribution >= 0.6 is 15.9 Å². The highest BCUT2D eigenvalue weighted by Crippen LogP contribution is 2.30. The van der Waals surface area contributed by atoms with Crippen molar-refractivity contribution in [1.82, 2.24) is 4.98 Å². The Morgan fingerprint density at radius 2 is 2.06 bits per heavy atom. The van der Waals surface area contributed by atoms with Crippen LogP contribution in [0.15, 0.2) is 22.8 Å². The van der Waals surface area contributed by atoms with Crippen LogP contribution in [0.3, 0.4) is 0 Å². The number of hydrogen-bond donors (Lipinski definition) is 0. The third-order valence-electron chi connectivity index (χ3n) is 3.60. The molecule has 0 aromatic carbocycles. The van der Waals surface area contributed by atoms with E-state index in [-0.39, 0.29) is 0 Å². The number of rotatable bonds is 1. The van der Waals surface area contributed by atoms with Gasteiger partial charge in [0.15, 0.2) is 0 Å². The Morgan fingerprint density at radius 3 is 2.69 bits per heavy atom. The van der Waals surface area contributed by atoms with E-state index >= 15 is 0 Å². The first-order valence-corrected chi connectivity index (χ1v) is 6.75. The van der Waals surface area contributed by atoms with Crippen molar-refractivity contribution in [1.29, 1.82) is 0 Å². The van der Waals surface area contributed by atoms with Crippen LogP contribution in [0.4, 0.5) is 5.82 Å². The minimum atomic E-state index is 0.588. The summed E-state index contributed by atoms with van der Waals surface area (Å²) in [7, 11) is 0. The van der Waals surface area contributed by atoms with Gasteiger partial charge in [-0.1, -0.05) is 13.8 Å². The van der Waals surface area contributed by atoms with Crippen molar-refractivity contribution in [3.05, 3.63) is 22.8 Å². The van der Waals surface area contributed by atoms with Gasteiger partial charge in [-0.2, -0.15) is 0 Å². The summed E-state index contributed by atoms with van der Waals surface area (Å²) in [5.41, 5.74) is 0. The molecule has 1 aromatic rings. The van der Waals surface area contributed by atoms with Gasteiger partial charge in [-0.15, -0.1) is 0 Å². The highest BCUT2D eigenvalue weighted by atomic mass is 79.9. The number of aromatic nitrogens is 1. The Kier molecular flexibility index (Phi) is 3.53. The summed E-state index contributed by atoms with van der Waals surface area (Å²) in [6, 6.07) is 4.76. The van der Waals surface area contributed by atoms with Crippen molar-refractivity contribution in [2.45, 2.75) is 33.2 Å². The van der Waals surface area contributed by atoms with Gasteiger partial charge in [-0.25, -0.2) is 4.98 Å². The highest BCUT2D eigenvalue weighted by molar-refractivity contribution is 9.10. The van der Waals surface area contributed by atoms with E-state index in [1.54, 1.807) is 0 Å². The third-order valence-corrected chi connectivity index (χ3v) is 4.07. The summed E-state index contributed by atoms with van der Waals surface area (Å²) in [6.07, 6.45) is 3.21. The Bertz CT molecular complexity index is 349. The van der Waals surface area contributed by atoms with Crippen LogP contribution in [-0.4, -0.2) is 17.6 Å². The van der Waals surface area contributed by atoms with Gasteiger partial charge in [-0.3, -0.25) is 0 Å². The summed E-state index contributed by atoms with van der Waals surface area (Å²) < 4.78 is 1.04. The van der Waals surface area contributed by atoms with Gasteiger partial charge >= 0.3 is 0 Å². The molecule has 1 aliphatic heterocycles. The summed E-state index contributed by atoms with van der Waals surface area (Å²) in [4.78, 5) is 6.94. The monoisotopic (exact) mass is 282 g/mol. The second-order valence-electron chi connectivity index (χ2n) is 5.05. The van der Waals surface area contributed by atoms with Crippen LogP contribution in [0.5, 0.6) is 0 Å². The van der Waals surface area contributed by atoms with E-state index in [1.807, 2.05) is 6.20 Å². The lowest BCUT2D eigenvalue weighted by molar-refractivity contribution is 0.295. The molecule has 3 atom stereocenters. The molecule has 2 nitrogen and oxygen atoms in total. The van der Waals surface area contributed by atoms with Crippen LogP contribution in [0.25, 0.3) is 0 Å². The van der Waals surface area contributed by atoms with E-state index in [4.69, 9.17) is 0 Å². The minimum Gasteiger partial charge on any atom is -0.353 e. The van der Waals surface area contributed by atoms with Crippen molar-refractivity contribution in [2.24, 2.45) is 11.8 Å². The molecule has 1 aliphatic rings. The van der Waals surface area contributed by atoms with Gasteiger partial charge in [0.2, 0.25) is 0 Å². The SMILES string of the molecule is CC1CC(C)C(C)N(c2ccc(Br)cn2)C1. The predicted octanol–water partition coefficient (Wildman–Crippen LogP) is 3.71. The summed E-state index contributed by atoms with van der Waals surface area (Å²) in [5.74, 6) is 2.61. The maximum atomic E-state index is 4.50. The lowest BCUT2D eigenvalue weighted by Gasteiger charge is -2.41. The van der Waals surface area contributed by atoms with Gasteiger partial charge in [0, 0.05) is 23.3 Å². The second-order valence-corrected chi connectivity index (χ2v) is 5.96. The Morgan fingerprint density at radius 1 is 1.31 bits per heavy atom. The Balaban J connectivity index is 2.21. The molecule has 88 valence electrons. The largest absolute Gasteiger partial charge is 0.353 e. The normalized spacial score (nSPS) is 30.5. The second kappa shape index (κ2) is 4.74. The molecule has 1 saturated heterocycles. The molecule has 3 heteroatoms. The zero-order valence-electron chi connectivity index (χ0n) is 10.2. The van der Waals surface area contributed by atoms with Crippen LogP contribution in [0.2, 0.25) is 0 Å². The van der Waals surface area contributed by atoms with Gasteiger partial charge < -0.3 is 4.90 Å². The molecule has 0 radical (unpaired) electrons. The van der Waals surface area contributed by atoms with Gasteiger partial charge in [0.1, 0.15) is 5.82 Å². The zero-order valence-corrected chi connectivity index (χ0v) is 11.7. The molecule has 1 fully saturated rings. The average Bonchev–Trinajstić information content (AvgIpc) is 2.25. The Hall–Kier alpha value is -0.570. The van der Waals surface area contributed by atoms with E-state index in [9.17, 15) is 0 Å². The number of anilines is 1. The van der Waals surface area contributed by atoms with E-state index in [1.165, 1.54) is 6.42 Å². The zero-order chi connectivity index (χ0) is 11.7. The fourth-order valence-corrected chi connectivity index (χ4v) is 2.79. The molecule has 0 N–H and O–H groups in total. The van der Waals surface area contributed by atoms with Crippen molar-refractivity contribution >= 4 is 21.7 Å². The fourth-order valence-electron chi connectivity index (χ4n) is 2.56. The van der Waals surface area contributed by atoms with Crippen molar-refractivity contribution in [2.75, 3.05) is 11.4 Å². The van der Waals surface area contributed by atoms with Gasteiger partial charge in [0.05, 0.1) is 0 Å². The van der Waals surface area contributed by atoms with Crippen molar-refractivity contribution in [3.8, 4) is 0 Å². The van der Waals surface area contributed by atoms with E-state index in [2.05, 4.69) is 58.7 Å². The van der Waals surface area contributed by atoms with Crippen LogP contribution in [-0.2, 0) is 0 Å². The molecule has 2 rings (SSSR count). The molecule has 2 heterocycles. The minimum absolute atomic E-state index is 0.588. The third kappa shape index (κ3) is 2.40. The quantitative estimate of drug-likeness (QED) is 0.781. The molecular formula is C13H19BrN2. The molecule has 1 aromatic heterocycles. The summed E-state index contributed by atoms with van der Waals surface area (Å²) >= 11 is 3.43. The van der Waals surface area contributed by atoms with Crippen LogP contribution < -0.4 is 4.90 Å². The van der Waals surface area contributed by atoms with Crippen molar-refractivity contribution in [3.63, 3.8) is 0 Å². The van der Waals surface area contributed by atoms with E-state index < -0.39 is 0 Å². The first-order valence-electron chi connectivity index (χ1n) is 5.96. The molecule has 0 bridgehead atoms. The smallest absolute Gasteiger partial charge is 0.128 e. The number of hydrogen-bond acceptors (Lipinski definition) is 2. The first kappa shape index (κ1) is 11.9. The number of nitrogens with zero attached hydrogens (tertiary/aromatic N) is 2. The van der Waals surface area contributed by atoms with Crippen molar-refractivity contribution < 1.29 is 0 Å². The lowest BCUT2D eigenvalue weighted by atomic mass is 9.86. The molecular weight excluding hydrogens is 264 g/mol. The highest BCUT2D eigenvalue weighted by Gasteiger charge is 2.29. The molecule has 0 aliphatic carbocycles. The van der Waals surface area contributed by atoms with Gasteiger partial charge in [-0.05, 0) is 53.2 Å². The molecule has 0 amide bonds. The van der Waals surface area contributed by atoms with Gasteiger partial charge in [0.25, 0.3) is 0 Å². The maximum Gasteiger partial charge on any atom is 0.128 e. The van der Waals surface area contributed by atoms with Crippen LogP contribution in [0.1, 0.15) is 27.2 Å². The standard InChI is InChI=1S/C13H19BrN2/c1-9-6-10(2)11(3)16(8-9)13-5-4-12(14)7-15-13/h4-5,7,9-11H,6,8H2,1-3H3. The van der Waals surface area contributed by atoms with E-state index in [0.717, 1.165) is 28.7 Å². The van der Waals surface area contributed by atoms with Crippen LogP contribution in [0, 0.1) is 11.8 Å². The topological polar surface area (TPSA) is 16.1 Å². The molecule has 3 unspecified atom stereocenters. The number of pyridine rings is 1. The molecule has 0 spiro atoms. The maximum absolute atomic E-state index is 4.50. The molecule has 16 heavy (non-hydrogen) atoms. The van der Waals surface area contributed by atoms with E-state index in [0.29, 0.717) is 6.04 Å². The molecule has 0 saturated carbocycles. The fraction of sp³-hybridized carbons (Fsp3) is 0.615. The number of piperidine rings is 1. The Labute approximate surface area is 106 Å².